The Labute approximate surface area is 113 Å². The molecule has 0 bridgehead atoms. The molecule has 3 heteroatoms. The highest BCUT2D eigenvalue weighted by Gasteiger charge is 2.43. The summed E-state index contributed by atoms with van der Waals surface area (Å²) in [5.41, 5.74) is 1.96. The second-order valence-corrected chi connectivity index (χ2v) is 5.96. The fourth-order valence-electron chi connectivity index (χ4n) is 3.54. The summed E-state index contributed by atoms with van der Waals surface area (Å²) < 4.78 is 5.40. The quantitative estimate of drug-likeness (QED) is 0.909. The van der Waals surface area contributed by atoms with Crippen molar-refractivity contribution in [1.29, 1.82) is 0 Å². The second kappa shape index (κ2) is 4.97. The van der Waals surface area contributed by atoms with E-state index in [0.717, 1.165) is 38.9 Å². The number of hydrogen-bond donors (Lipinski definition) is 1. The smallest absolute Gasteiger partial charge is 0.309 e. The number of carbonyl (C=O) groups is 1. The minimum Gasteiger partial charge on any atom is -0.481 e. The normalized spacial score (nSPS) is 30.0. The molecule has 1 fully saturated rings. The van der Waals surface area contributed by atoms with Gasteiger partial charge in [0.15, 0.2) is 0 Å². The van der Waals surface area contributed by atoms with Crippen molar-refractivity contribution in [1.82, 2.24) is 0 Å². The zero-order valence-corrected chi connectivity index (χ0v) is 11.1. The van der Waals surface area contributed by atoms with E-state index in [9.17, 15) is 9.90 Å². The summed E-state index contributed by atoms with van der Waals surface area (Å²) in [6.07, 6.45) is 4.09. The highest BCUT2D eigenvalue weighted by Crippen LogP contribution is 2.42. The number of hydrogen-bond acceptors (Lipinski definition) is 2. The Balaban J connectivity index is 1.84. The number of carboxylic acids is 1. The van der Waals surface area contributed by atoms with Gasteiger partial charge in [-0.25, -0.2) is 0 Å². The van der Waals surface area contributed by atoms with Crippen molar-refractivity contribution >= 4 is 5.97 Å². The van der Waals surface area contributed by atoms with Gasteiger partial charge in [-0.05, 0) is 49.1 Å². The average Bonchev–Trinajstić information content (AvgIpc) is 2.91. The molecule has 0 spiro atoms. The monoisotopic (exact) mass is 260 g/mol. The molecule has 0 amide bonds. The zero-order chi connectivity index (χ0) is 13.3. The van der Waals surface area contributed by atoms with Gasteiger partial charge in [0.05, 0.1) is 5.41 Å². The largest absolute Gasteiger partial charge is 0.481 e. The number of ether oxygens (including phenoxy) is 1. The van der Waals surface area contributed by atoms with Crippen molar-refractivity contribution in [2.24, 2.45) is 11.3 Å². The highest BCUT2D eigenvalue weighted by atomic mass is 16.5. The molecule has 1 aromatic rings. The molecule has 0 aromatic heterocycles. The van der Waals surface area contributed by atoms with Gasteiger partial charge in [0.1, 0.15) is 0 Å². The lowest BCUT2D eigenvalue weighted by Crippen LogP contribution is -2.39. The molecule has 1 aromatic carbocycles. The van der Waals surface area contributed by atoms with Crippen LogP contribution in [0.4, 0.5) is 0 Å². The van der Waals surface area contributed by atoms with Crippen molar-refractivity contribution in [3.8, 4) is 0 Å². The first-order valence-electron chi connectivity index (χ1n) is 7.07. The summed E-state index contributed by atoms with van der Waals surface area (Å²) >= 11 is 0. The first-order chi connectivity index (χ1) is 9.20. The van der Waals surface area contributed by atoms with E-state index in [1.54, 1.807) is 0 Å². The molecule has 1 saturated heterocycles. The first-order valence-corrected chi connectivity index (χ1v) is 7.07. The molecular weight excluding hydrogens is 240 g/mol. The molecule has 2 unspecified atom stereocenters. The molecule has 0 radical (unpaired) electrons. The van der Waals surface area contributed by atoms with Crippen LogP contribution in [0.2, 0.25) is 0 Å². The van der Waals surface area contributed by atoms with Gasteiger partial charge in [0, 0.05) is 13.2 Å². The maximum atomic E-state index is 11.8. The molecule has 3 rings (SSSR count). The maximum Gasteiger partial charge on any atom is 0.309 e. The van der Waals surface area contributed by atoms with Gasteiger partial charge < -0.3 is 9.84 Å². The number of benzene rings is 1. The number of aliphatic carboxylic acids is 1. The van der Waals surface area contributed by atoms with E-state index in [1.807, 2.05) is 12.1 Å². The van der Waals surface area contributed by atoms with Gasteiger partial charge in [-0.3, -0.25) is 4.79 Å². The minimum atomic E-state index is -0.631. The number of fused-ring (bicyclic) bond motifs is 1. The van der Waals surface area contributed by atoms with Crippen molar-refractivity contribution in [3.05, 3.63) is 35.4 Å². The van der Waals surface area contributed by atoms with Gasteiger partial charge in [-0.1, -0.05) is 24.3 Å². The Bertz CT molecular complexity index is 477. The van der Waals surface area contributed by atoms with Gasteiger partial charge in [-0.2, -0.15) is 0 Å². The number of aryl methyl sites for hydroxylation is 1. The third kappa shape index (κ3) is 2.39. The molecule has 1 N–H and O–H groups in total. The van der Waals surface area contributed by atoms with Gasteiger partial charge in [0.2, 0.25) is 0 Å². The lowest BCUT2D eigenvalue weighted by Gasteiger charge is -2.36. The molecular formula is C16H20O3. The molecule has 102 valence electrons. The van der Waals surface area contributed by atoms with Crippen LogP contribution >= 0.6 is 0 Å². The van der Waals surface area contributed by atoms with Crippen LogP contribution in [0.25, 0.3) is 0 Å². The van der Waals surface area contributed by atoms with E-state index in [0.29, 0.717) is 12.3 Å². The van der Waals surface area contributed by atoms with Crippen molar-refractivity contribution in [3.63, 3.8) is 0 Å². The van der Waals surface area contributed by atoms with Crippen LogP contribution in [0.3, 0.4) is 0 Å². The van der Waals surface area contributed by atoms with Crippen molar-refractivity contribution in [2.45, 2.75) is 32.1 Å². The topological polar surface area (TPSA) is 46.5 Å². The summed E-state index contributed by atoms with van der Waals surface area (Å²) in [4.78, 5) is 11.8. The molecule has 1 aliphatic heterocycles. The molecule has 0 saturated carbocycles. The summed E-state index contributed by atoms with van der Waals surface area (Å²) in [6, 6.07) is 8.25. The summed E-state index contributed by atoms with van der Waals surface area (Å²) in [6.45, 7) is 1.52. The lowest BCUT2D eigenvalue weighted by molar-refractivity contribution is -0.151. The van der Waals surface area contributed by atoms with E-state index < -0.39 is 11.4 Å². The van der Waals surface area contributed by atoms with Crippen LogP contribution in [-0.4, -0.2) is 24.3 Å². The average molecular weight is 260 g/mol. The standard InChI is InChI=1S/C16H20O3/c17-15(18)16(9-12-6-8-19-11-12)7-5-13-3-1-2-4-14(13)10-16/h1-4,12H,5-11H2,(H,17,18). The minimum absolute atomic E-state index is 0.418. The van der Waals surface area contributed by atoms with E-state index >= 15 is 0 Å². The van der Waals surface area contributed by atoms with Crippen LogP contribution in [0, 0.1) is 11.3 Å². The van der Waals surface area contributed by atoms with E-state index in [1.165, 1.54) is 11.1 Å². The van der Waals surface area contributed by atoms with Crippen LogP contribution in [0.5, 0.6) is 0 Å². The molecule has 3 nitrogen and oxygen atoms in total. The lowest BCUT2D eigenvalue weighted by atomic mass is 9.67. The molecule has 1 heterocycles. The maximum absolute atomic E-state index is 11.8. The third-order valence-corrected chi connectivity index (χ3v) is 4.68. The summed E-state index contributed by atoms with van der Waals surface area (Å²) in [5, 5.41) is 9.73. The predicted octanol–water partition coefficient (Wildman–Crippen LogP) is 2.67. The molecule has 2 atom stereocenters. The van der Waals surface area contributed by atoms with Crippen LogP contribution in [0.15, 0.2) is 24.3 Å². The van der Waals surface area contributed by atoms with E-state index in [-0.39, 0.29) is 0 Å². The number of rotatable bonds is 3. The van der Waals surface area contributed by atoms with Crippen molar-refractivity contribution < 1.29 is 14.6 Å². The summed E-state index contributed by atoms with van der Waals surface area (Å²) in [5.74, 6) is -0.213. The Morgan fingerprint density at radius 3 is 2.84 bits per heavy atom. The third-order valence-electron chi connectivity index (χ3n) is 4.68. The first kappa shape index (κ1) is 12.7. The molecule has 1 aliphatic carbocycles. The van der Waals surface area contributed by atoms with Gasteiger partial charge in [-0.15, -0.1) is 0 Å². The van der Waals surface area contributed by atoms with Crippen LogP contribution in [0.1, 0.15) is 30.4 Å². The molecule has 2 aliphatic rings. The Morgan fingerprint density at radius 2 is 2.16 bits per heavy atom. The van der Waals surface area contributed by atoms with Crippen LogP contribution in [-0.2, 0) is 22.4 Å². The van der Waals surface area contributed by atoms with E-state index in [4.69, 9.17) is 4.74 Å². The fourth-order valence-corrected chi connectivity index (χ4v) is 3.54. The SMILES string of the molecule is O=C(O)C1(CC2CCOC2)CCc2ccccc2C1. The number of carboxylic acid groups (broad SMARTS) is 1. The van der Waals surface area contributed by atoms with E-state index in [2.05, 4.69) is 12.1 Å². The van der Waals surface area contributed by atoms with Crippen molar-refractivity contribution in [2.75, 3.05) is 13.2 Å². The zero-order valence-electron chi connectivity index (χ0n) is 11.1. The second-order valence-electron chi connectivity index (χ2n) is 5.96. The Morgan fingerprint density at radius 1 is 1.37 bits per heavy atom. The predicted molar refractivity (Wildman–Crippen MR) is 72.1 cm³/mol. The Kier molecular flexibility index (Phi) is 3.31. The summed E-state index contributed by atoms with van der Waals surface area (Å²) in [7, 11) is 0. The fraction of sp³-hybridized carbons (Fsp3) is 0.562. The van der Waals surface area contributed by atoms with Gasteiger partial charge in [0.25, 0.3) is 0 Å². The van der Waals surface area contributed by atoms with Crippen LogP contribution < -0.4 is 0 Å². The molecule has 19 heavy (non-hydrogen) atoms. The highest BCUT2D eigenvalue weighted by molar-refractivity contribution is 5.75. The Hall–Kier alpha value is -1.35. The van der Waals surface area contributed by atoms with Gasteiger partial charge >= 0.3 is 5.97 Å².